The molecule has 0 saturated heterocycles. The van der Waals surface area contributed by atoms with E-state index >= 15 is 0 Å². The highest BCUT2D eigenvalue weighted by molar-refractivity contribution is 9.10. The minimum atomic E-state index is -0.0663. The van der Waals surface area contributed by atoms with Crippen LogP contribution in [0.2, 0.25) is 0 Å². The van der Waals surface area contributed by atoms with Gasteiger partial charge in [0.2, 0.25) is 5.91 Å². The van der Waals surface area contributed by atoms with Crippen molar-refractivity contribution in [3.63, 3.8) is 0 Å². The van der Waals surface area contributed by atoms with Gasteiger partial charge in [0.05, 0.1) is 0 Å². The molecule has 0 atom stereocenters. The van der Waals surface area contributed by atoms with Gasteiger partial charge in [0, 0.05) is 29.3 Å². The molecule has 0 aliphatic heterocycles. The number of nitrogens with one attached hydrogen (secondary N) is 2. The normalized spacial score (nSPS) is 10.2. The van der Waals surface area contributed by atoms with Crippen LogP contribution in [0.5, 0.6) is 0 Å². The molecule has 0 radical (unpaired) electrons. The zero-order chi connectivity index (χ0) is 14.5. The molecule has 0 saturated carbocycles. The number of halogens is 1. The fourth-order valence-electron chi connectivity index (χ4n) is 1.90. The molecule has 0 aliphatic rings. The Morgan fingerprint density at radius 1 is 1.15 bits per heavy atom. The number of hydrogen-bond acceptors (Lipinski definition) is 2. The van der Waals surface area contributed by atoms with Crippen LogP contribution < -0.4 is 10.6 Å². The third-order valence-electron chi connectivity index (χ3n) is 2.87. The van der Waals surface area contributed by atoms with Crippen LogP contribution in [0.3, 0.4) is 0 Å². The summed E-state index contributed by atoms with van der Waals surface area (Å²) in [5, 5.41) is 6.13. The Morgan fingerprint density at radius 2 is 1.90 bits per heavy atom. The monoisotopic (exact) mass is 332 g/mol. The molecule has 0 aliphatic carbocycles. The largest absolute Gasteiger partial charge is 0.381 e. The molecule has 104 valence electrons. The third kappa shape index (κ3) is 4.10. The number of carbonyl (C=O) groups excluding carboxylic acids is 1. The molecule has 20 heavy (non-hydrogen) atoms. The summed E-state index contributed by atoms with van der Waals surface area (Å²) in [6, 6.07) is 14.0. The van der Waals surface area contributed by atoms with E-state index in [2.05, 4.69) is 51.7 Å². The maximum atomic E-state index is 11.0. The topological polar surface area (TPSA) is 41.1 Å². The number of carbonyl (C=O) groups is 1. The molecular weight excluding hydrogens is 316 g/mol. The van der Waals surface area contributed by atoms with Crippen molar-refractivity contribution in [2.75, 3.05) is 10.6 Å². The number of rotatable bonds is 4. The summed E-state index contributed by atoms with van der Waals surface area (Å²) in [6.45, 7) is 4.30. The minimum absolute atomic E-state index is 0.0663. The van der Waals surface area contributed by atoms with E-state index in [1.165, 1.54) is 18.1 Å². The summed E-state index contributed by atoms with van der Waals surface area (Å²) in [4.78, 5) is 11.0. The Balaban J connectivity index is 2.05. The number of benzene rings is 2. The zero-order valence-electron chi connectivity index (χ0n) is 11.5. The Hall–Kier alpha value is -1.81. The molecule has 2 rings (SSSR count). The molecule has 0 unspecified atom stereocenters. The lowest BCUT2D eigenvalue weighted by molar-refractivity contribution is -0.114. The van der Waals surface area contributed by atoms with Crippen molar-refractivity contribution in [1.29, 1.82) is 0 Å². The van der Waals surface area contributed by atoms with Gasteiger partial charge in [-0.1, -0.05) is 34.1 Å². The van der Waals surface area contributed by atoms with Crippen molar-refractivity contribution in [1.82, 2.24) is 0 Å². The highest BCUT2D eigenvalue weighted by Gasteiger charge is 2.01. The number of aryl methyl sites for hydroxylation is 1. The lowest BCUT2D eigenvalue weighted by Gasteiger charge is -2.10. The SMILES string of the molecule is CC(=O)Nc1cccc(NCc2ccc(C)cc2Br)c1. The fourth-order valence-corrected chi connectivity index (χ4v) is 2.54. The summed E-state index contributed by atoms with van der Waals surface area (Å²) < 4.78 is 1.10. The highest BCUT2D eigenvalue weighted by Crippen LogP contribution is 2.21. The van der Waals surface area contributed by atoms with E-state index in [0.29, 0.717) is 0 Å². The van der Waals surface area contributed by atoms with E-state index in [0.717, 1.165) is 22.4 Å². The van der Waals surface area contributed by atoms with Gasteiger partial charge in [0.1, 0.15) is 0 Å². The van der Waals surface area contributed by atoms with Crippen LogP contribution in [-0.4, -0.2) is 5.91 Å². The zero-order valence-corrected chi connectivity index (χ0v) is 13.1. The van der Waals surface area contributed by atoms with E-state index in [-0.39, 0.29) is 5.91 Å². The van der Waals surface area contributed by atoms with Gasteiger partial charge in [0.25, 0.3) is 0 Å². The Kier molecular flexibility index (Phi) is 4.79. The van der Waals surface area contributed by atoms with Crippen molar-refractivity contribution in [3.8, 4) is 0 Å². The first-order valence-corrected chi connectivity index (χ1v) is 7.20. The van der Waals surface area contributed by atoms with E-state index in [1.807, 2.05) is 24.3 Å². The lowest BCUT2D eigenvalue weighted by Crippen LogP contribution is -2.06. The Bertz CT molecular complexity index is 626. The van der Waals surface area contributed by atoms with Crippen LogP contribution in [0.25, 0.3) is 0 Å². The quantitative estimate of drug-likeness (QED) is 0.874. The molecule has 4 heteroatoms. The first kappa shape index (κ1) is 14.6. The van der Waals surface area contributed by atoms with Gasteiger partial charge < -0.3 is 10.6 Å². The molecule has 2 aromatic rings. The van der Waals surface area contributed by atoms with E-state index < -0.39 is 0 Å². The maximum Gasteiger partial charge on any atom is 0.221 e. The van der Waals surface area contributed by atoms with E-state index in [1.54, 1.807) is 0 Å². The average Bonchev–Trinajstić information content (AvgIpc) is 2.37. The van der Waals surface area contributed by atoms with Crippen molar-refractivity contribution in [2.24, 2.45) is 0 Å². The molecule has 0 fully saturated rings. The average molecular weight is 333 g/mol. The minimum Gasteiger partial charge on any atom is -0.381 e. The van der Waals surface area contributed by atoms with Gasteiger partial charge in [0.15, 0.2) is 0 Å². The first-order valence-electron chi connectivity index (χ1n) is 6.41. The summed E-state index contributed by atoms with van der Waals surface area (Å²) >= 11 is 3.57. The second-order valence-electron chi connectivity index (χ2n) is 4.71. The Morgan fingerprint density at radius 3 is 2.60 bits per heavy atom. The van der Waals surface area contributed by atoms with Gasteiger partial charge >= 0.3 is 0 Å². The maximum absolute atomic E-state index is 11.0. The predicted octanol–water partition coefficient (Wildman–Crippen LogP) is 4.33. The van der Waals surface area contributed by atoms with Crippen molar-refractivity contribution in [3.05, 3.63) is 58.1 Å². The third-order valence-corrected chi connectivity index (χ3v) is 3.61. The second kappa shape index (κ2) is 6.57. The molecule has 3 nitrogen and oxygen atoms in total. The predicted molar refractivity (Wildman–Crippen MR) is 87.0 cm³/mol. The number of amides is 1. The van der Waals surface area contributed by atoms with Crippen LogP contribution in [0.4, 0.5) is 11.4 Å². The summed E-state index contributed by atoms with van der Waals surface area (Å²) in [5.41, 5.74) is 4.20. The fraction of sp³-hybridized carbons (Fsp3) is 0.188. The molecule has 0 bridgehead atoms. The molecule has 0 heterocycles. The molecular formula is C16H17BrN2O. The summed E-state index contributed by atoms with van der Waals surface area (Å²) in [5.74, 6) is -0.0663. The molecule has 0 spiro atoms. The summed E-state index contributed by atoms with van der Waals surface area (Å²) in [6.07, 6.45) is 0. The van der Waals surface area contributed by atoms with Crippen LogP contribution in [0, 0.1) is 6.92 Å². The van der Waals surface area contributed by atoms with Gasteiger partial charge in [-0.15, -0.1) is 0 Å². The molecule has 2 aromatic carbocycles. The van der Waals surface area contributed by atoms with Crippen molar-refractivity contribution < 1.29 is 4.79 Å². The van der Waals surface area contributed by atoms with Crippen LogP contribution in [0.15, 0.2) is 46.9 Å². The van der Waals surface area contributed by atoms with Gasteiger partial charge in [-0.25, -0.2) is 0 Å². The summed E-state index contributed by atoms with van der Waals surface area (Å²) in [7, 11) is 0. The van der Waals surface area contributed by atoms with E-state index in [9.17, 15) is 4.79 Å². The molecule has 2 N–H and O–H groups in total. The molecule has 0 aromatic heterocycles. The lowest BCUT2D eigenvalue weighted by atomic mass is 10.1. The van der Waals surface area contributed by atoms with Crippen LogP contribution in [-0.2, 0) is 11.3 Å². The standard InChI is InChI=1S/C16H17BrN2O/c1-11-6-7-13(16(17)8-11)10-18-14-4-3-5-15(9-14)19-12(2)20/h3-9,18H,10H2,1-2H3,(H,19,20). The van der Waals surface area contributed by atoms with Gasteiger partial charge in [-0.2, -0.15) is 0 Å². The second-order valence-corrected chi connectivity index (χ2v) is 5.56. The Labute approximate surface area is 127 Å². The highest BCUT2D eigenvalue weighted by atomic mass is 79.9. The van der Waals surface area contributed by atoms with Crippen LogP contribution in [0.1, 0.15) is 18.1 Å². The van der Waals surface area contributed by atoms with Gasteiger partial charge in [-0.3, -0.25) is 4.79 Å². The van der Waals surface area contributed by atoms with Gasteiger partial charge in [-0.05, 0) is 42.3 Å². The van der Waals surface area contributed by atoms with Crippen molar-refractivity contribution in [2.45, 2.75) is 20.4 Å². The molecule has 1 amide bonds. The van der Waals surface area contributed by atoms with Crippen molar-refractivity contribution >= 4 is 33.2 Å². The smallest absolute Gasteiger partial charge is 0.221 e. The van der Waals surface area contributed by atoms with E-state index in [4.69, 9.17) is 0 Å². The number of anilines is 2. The first-order chi connectivity index (χ1) is 9.54. The number of hydrogen-bond donors (Lipinski definition) is 2. The van der Waals surface area contributed by atoms with Crippen LogP contribution >= 0.6 is 15.9 Å².